The predicted octanol–water partition coefficient (Wildman–Crippen LogP) is 5.90. The van der Waals surface area contributed by atoms with Crippen molar-refractivity contribution in [3.05, 3.63) is 87.3 Å². The number of aromatic nitrogens is 1. The SMILES string of the molecule is N#Cc1cc(Cl)cc(Oc2c(Cl)ccc(CNC(=O)c3cc4cc(NC(=O)C5CCCN5)ccc4[nH]3)c2F)c1. The lowest BCUT2D eigenvalue weighted by molar-refractivity contribution is -0.117. The maximum absolute atomic E-state index is 15.3. The van der Waals surface area contributed by atoms with Gasteiger partial charge >= 0.3 is 0 Å². The number of fused-ring (bicyclic) bond motifs is 1. The Balaban J connectivity index is 1.27. The van der Waals surface area contributed by atoms with Gasteiger partial charge in [-0.25, -0.2) is 4.39 Å². The van der Waals surface area contributed by atoms with Gasteiger partial charge < -0.3 is 25.7 Å². The number of amides is 2. The highest BCUT2D eigenvalue weighted by Crippen LogP contribution is 2.35. The molecule has 1 saturated heterocycles. The van der Waals surface area contributed by atoms with Gasteiger partial charge in [0.15, 0.2) is 11.6 Å². The highest BCUT2D eigenvalue weighted by Gasteiger charge is 2.22. The molecule has 0 aliphatic carbocycles. The summed E-state index contributed by atoms with van der Waals surface area (Å²) in [4.78, 5) is 28.3. The summed E-state index contributed by atoms with van der Waals surface area (Å²) in [6.45, 7) is 0.689. The summed E-state index contributed by atoms with van der Waals surface area (Å²) in [7, 11) is 0. The number of carbonyl (C=O) groups is 2. The number of anilines is 1. The summed E-state index contributed by atoms with van der Waals surface area (Å²) in [5.41, 5.74) is 2.01. The van der Waals surface area contributed by atoms with E-state index in [1.54, 1.807) is 24.3 Å². The third-order valence-corrected chi connectivity index (χ3v) is 6.81. The monoisotopic (exact) mass is 565 g/mol. The first-order valence-corrected chi connectivity index (χ1v) is 12.9. The van der Waals surface area contributed by atoms with Crippen LogP contribution < -0.4 is 20.7 Å². The number of rotatable bonds is 7. The van der Waals surface area contributed by atoms with Crippen LogP contribution in [-0.4, -0.2) is 29.4 Å². The van der Waals surface area contributed by atoms with Crippen LogP contribution in [0.2, 0.25) is 10.0 Å². The van der Waals surface area contributed by atoms with Crippen LogP contribution in [0.4, 0.5) is 10.1 Å². The molecule has 1 aliphatic heterocycles. The topological polar surface area (TPSA) is 119 Å². The summed E-state index contributed by atoms with van der Waals surface area (Å²) in [6, 6.07) is 15.9. The number of nitrogens with zero attached hydrogens (tertiary/aromatic N) is 1. The zero-order valence-corrected chi connectivity index (χ0v) is 21.9. The largest absolute Gasteiger partial charge is 0.453 e. The Morgan fingerprint density at radius 3 is 2.74 bits per heavy atom. The molecule has 11 heteroatoms. The van der Waals surface area contributed by atoms with E-state index in [-0.39, 0.29) is 56.9 Å². The molecule has 3 aromatic carbocycles. The van der Waals surface area contributed by atoms with Crippen molar-refractivity contribution in [2.75, 3.05) is 11.9 Å². The molecule has 0 saturated carbocycles. The Bertz CT molecular complexity index is 1630. The first-order valence-electron chi connectivity index (χ1n) is 12.1. The van der Waals surface area contributed by atoms with Crippen LogP contribution in [0.5, 0.6) is 11.5 Å². The molecule has 1 atom stereocenters. The number of ether oxygens (including phenoxy) is 1. The summed E-state index contributed by atoms with van der Waals surface area (Å²) in [6.07, 6.45) is 1.76. The minimum absolute atomic E-state index is 0.0169. The number of hydrogen-bond donors (Lipinski definition) is 4. The van der Waals surface area contributed by atoms with Crippen LogP contribution >= 0.6 is 23.2 Å². The van der Waals surface area contributed by atoms with Crippen LogP contribution in [0, 0.1) is 17.1 Å². The normalized spacial score (nSPS) is 14.7. The van der Waals surface area contributed by atoms with Crippen LogP contribution in [0.3, 0.4) is 0 Å². The summed E-state index contributed by atoms with van der Waals surface area (Å²) in [5, 5.41) is 18.9. The zero-order chi connectivity index (χ0) is 27.5. The molecule has 0 bridgehead atoms. The molecule has 1 aliphatic rings. The summed E-state index contributed by atoms with van der Waals surface area (Å²) >= 11 is 12.2. The molecule has 8 nitrogen and oxygen atoms in total. The number of benzene rings is 3. The summed E-state index contributed by atoms with van der Waals surface area (Å²) < 4.78 is 20.9. The van der Waals surface area contributed by atoms with Gasteiger partial charge in [-0.2, -0.15) is 5.26 Å². The Hall–Kier alpha value is -4.10. The maximum atomic E-state index is 15.3. The molecule has 2 amide bonds. The second-order valence-electron chi connectivity index (χ2n) is 9.04. The fraction of sp³-hybridized carbons (Fsp3) is 0.179. The number of aromatic amines is 1. The number of H-pyrrole nitrogens is 1. The van der Waals surface area contributed by atoms with Gasteiger partial charge in [0, 0.05) is 33.7 Å². The Morgan fingerprint density at radius 1 is 1.13 bits per heavy atom. The van der Waals surface area contributed by atoms with Crippen molar-refractivity contribution in [1.82, 2.24) is 15.6 Å². The lowest BCUT2D eigenvalue weighted by Crippen LogP contribution is -2.35. The fourth-order valence-corrected chi connectivity index (χ4v) is 4.76. The van der Waals surface area contributed by atoms with Gasteiger partial charge in [-0.05, 0) is 67.9 Å². The van der Waals surface area contributed by atoms with Gasteiger partial charge in [0.05, 0.1) is 22.7 Å². The van der Waals surface area contributed by atoms with Gasteiger partial charge in [0.1, 0.15) is 11.4 Å². The average Bonchev–Trinajstić information content (AvgIpc) is 3.60. The molecule has 39 heavy (non-hydrogen) atoms. The third-order valence-electron chi connectivity index (χ3n) is 6.30. The van der Waals surface area contributed by atoms with Crippen molar-refractivity contribution in [2.24, 2.45) is 0 Å². The van der Waals surface area contributed by atoms with E-state index in [1.165, 1.54) is 30.3 Å². The molecule has 0 spiro atoms. The molecule has 2 heterocycles. The molecule has 1 fully saturated rings. The second kappa shape index (κ2) is 11.3. The van der Waals surface area contributed by atoms with Gasteiger partial charge in [-0.15, -0.1) is 0 Å². The average molecular weight is 566 g/mol. The van der Waals surface area contributed by atoms with Gasteiger partial charge in [0.25, 0.3) is 5.91 Å². The Labute approximate surface area is 233 Å². The molecule has 198 valence electrons. The van der Waals surface area contributed by atoms with Gasteiger partial charge in [0.2, 0.25) is 5.91 Å². The second-order valence-corrected chi connectivity index (χ2v) is 9.89. The number of nitriles is 1. The number of hydrogen-bond acceptors (Lipinski definition) is 5. The van der Waals surface area contributed by atoms with Crippen LogP contribution in [0.25, 0.3) is 10.9 Å². The van der Waals surface area contributed by atoms with E-state index in [2.05, 4.69) is 20.9 Å². The van der Waals surface area contributed by atoms with E-state index in [0.29, 0.717) is 11.2 Å². The van der Waals surface area contributed by atoms with Gasteiger partial charge in [-0.1, -0.05) is 29.3 Å². The smallest absolute Gasteiger partial charge is 0.267 e. The molecule has 5 rings (SSSR count). The van der Waals surface area contributed by atoms with Crippen molar-refractivity contribution in [1.29, 1.82) is 5.26 Å². The van der Waals surface area contributed by atoms with E-state index < -0.39 is 11.7 Å². The van der Waals surface area contributed by atoms with E-state index in [9.17, 15) is 9.59 Å². The Kier molecular flexibility index (Phi) is 7.70. The van der Waals surface area contributed by atoms with E-state index in [0.717, 1.165) is 24.8 Å². The molecule has 4 N–H and O–H groups in total. The maximum Gasteiger partial charge on any atom is 0.267 e. The third kappa shape index (κ3) is 5.99. The predicted molar refractivity (Wildman–Crippen MR) is 147 cm³/mol. The van der Waals surface area contributed by atoms with E-state index in [1.807, 2.05) is 6.07 Å². The van der Waals surface area contributed by atoms with E-state index in [4.69, 9.17) is 33.2 Å². The summed E-state index contributed by atoms with van der Waals surface area (Å²) in [5.74, 6) is -1.39. The van der Waals surface area contributed by atoms with Crippen LogP contribution in [0.15, 0.2) is 54.6 Å². The first kappa shape index (κ1) is 26.5. The molecular weight excluding hydrogens is 544 g/mol. The van der Waals surface area contributed by atoms with Crippen molar-refractivity contribution in [3.8, 4) is 17.6 Å². The minimum Gasteiger partial charge on any atom is -0.453 e. The van der Waals surface area contributed by atoms with Crippen LogP contribution in [-0.2, 0) is 11.3 Å². The standard InChI is InChI=1S/C28H22Cl2FN5O3/c29-18-8-15(13-32)9-20(12-18)39-26-21(30)5-3-16(25(26)31)14-34-27(37)24-11-17-10-19(4-6-22(17)36-24)35-28(38)23-2-1-7-33-23/h3-6,8-12,23,33,36H,1-2,7,14H2,(H,34,37)(H,35,38). The molecule has 0 radical (unpaired) electrons. The van der Waals surface area contributed by atoms with Crippen molar-refractivity contribution >= 4 is 51.6 Å². The van der Waals surface area contributed by atoms with Gasteiger partial charge in [-0.3, -0.25) is 9.59 Å². The fourth-order valence-electron chi connectivity index (χ4n) is 4.35. The molecule has 4 aromatic rings. The van der Waals surface area contributed by atoms with E-state index >= 15 is 4.39 Å². The minimum atomic E-state index is -0.755. The van der Waals surface area contributed by atoms with Crippen molar-refractivity contribution in [3.63, 3.8) is 0 Å². The molecule has 1 unspecified atom stereocenters. The number of carbonyl (C=O) groups excluding carboxylic acids is 2. The van der Waals surface area contributed by atoms with Crippen LogP contribution in [0.1, 0.15) is 34.5 Å². The highest BCUT2D eigenvalue weighted by atomic mass is 35.5. The molecular formula is C28H22Cl2FN5O3. The van der Waals surface area contributed by atoms with Crippen molar-refractivity contribution in [2.45, 2.75) is 25.4 Å². The lowest BCUT2D eigenvalue weighted by atomic mass is 10.2. The van der Waals surface area contributed by atoms with Crippen molar-refractivity contribution < 1.29 is 18.7 Å². The number of halogens is 3. The quantitative estimate of drug-likeness (QED) is 0.222. The number of nitrogens with one attached hydrogen (secondary N) is 4. The molecule has 1 aromatic heterocycles. The zero-order valence-electron chi connectivity index (χ0n) is 20.4. The highest BCUT2D eigenvalue weighted by molar-refractivity contribution is 6.32. The first-order chi connectivity index (χ1) is 18.8. The lowest BCUT2D eigenvalue weighted by Gasteiger charge is -2.13. The Morgan fingerprint density at radius 2 is 1.97 bits per heavy atom.